The molecule has 0 saturated heterocycles. The van der Waals surface area contributed by atoms with Gasteiger partial charge in [-0.05, 0) is 36.7 Å². The van der Waals surface area contributed by atoms with Crippen molar-refractivity contribution in [1.29, 1.82) is 0 Å². The lowest BCUT2D eigenvalue weighted by molar-refractivity contribution is 0.419. The van der Waals surface area contributed by atoms with Gasteiger partial charge in [-0.3, -0.25) is 4.99 Å². The van der Waals surface area contributed by atoms with Crippen LogP contribution in [0.5, 0.6) is 0 Å². The minimum absolute atomic E-state index is 0.742. The first-order valence-electron chi connectivity index (χ1n) is 7.21. The molecule has 0 rings (SSSR count). The van der Waals surface area contributed by atoms with Crippen LogP contribution in [0.3, 0.4) is 0 Å². The molecule has 0 amide bonds. The second-order valence-electron chi connectivity index (χ2n) is 4.59. The number of rotatable bonds is 6. The van der Waals surface area contributed by atoms with Crippen LogP contribution in [-0.4, -0.2) is 12.8 Å². The third-order valence-corrected chi connectivity index (χ3v) is 3.11. The number of aliphatic imine (C=N–C) groups is 1. The van der Waals surface area contributed by atoms with Crippen molar-refractivity contribution in [3.8, 4) is 0 Å². The van der Waals surface area contributed by atoms with Gasteiger partial charge in [-0.15, -0.1) is 0 Å². The fourth-order valence-electron chi connectivity index (χ4n) is 1.68. The fourth-order valence-corrected chi connectivity index (χ4v) is 1.68. The van der Waals surface area contributed by atoms with Gasteiger partial charge in [-0.1, -0.05) is 54.5 Å². The zero-order valence-corrected chi connectivity index (χ0v) is 13.3. The lowest BCUT2D eigenvalue weighted by Crippen LogP contribution is -2.10. The minimum atomic E-state index is 0.742. The summed E-state index contributed by atoms with van der Waals surface area (Å²) in [4.78, 5) is 4.39. The van der Waals surface area contributed by atoms with Gasteiger partial charge in [0.05, 0.1) is 0 Å². The summed E-state index contributed by atoms with van der Waals surface area (Å²) in [5.41, 5.74) is 2.74. The highest BCUT2D eigenvalue weighted by Gasteiger charge is 2.12. The van der Waals surface area contributed by atoms with Crippen LogP contribution < -0.4 is 0 Å². The molecule has 1 heteroatoms. The molecule has 1 unspecified atom stereocenters. The van der Waals surface area contributed by atoms with Gasteiger partial charge in [-0.2, -0.15) is 0 Å². The van der Waals surface area contributed by atoms with Crippen LogP contribution in [0.2, 0.25) is 0 Å². The van der Waals surface area contributed by atoms with Crippen molar-refractivity contribution >= 4 is 5.71 Å². The van der Waals surface area contributed by atoms with E-state index in [2.05, 4.69) is 45.7 Å². The lowest BCUT2D eigenvalue weighted by Gasteiger charge is -2.18. The van der Waals surface area contributed by atoms with Crippen LogP contribution in [0.1, 0.15) is 67.7 Å². The van der Waals surface area contributed by atoms with E-state index in [0.29, 0.717) is 0 Å². The molecule has 0 bridgehead atoms. The molecule has 1 atom stereocenters. The second-order valence-corrected chi connectivity index (χ2v) is 4.59. The lowest BCUT2D eigenvalue weighted by atomic mass is 9.88. The first-order valence-corrected chi connectivity index (χ1v) is 7.21. The summed E-state index contributed by atoms with van der Waals surface area (Å²) < 4.78 is 0. The van der Waals surface area contributed by atoms with Crippen molar-refractivity contribution in [2.45, 2.75) is 67.7 Å². The first-order chi connectivity index (χ1) is 8.06. The normalized spacial score (nSPS) is 14.4. The average Bonchev–Trinajstić information content (AvgIpc) is 2.33. The smallest absolute Gasteiger partial charge is 0.0370 e. The molecular formula is C16H33N. The predicted octanol–water partition coefficient (Wildman–Crippen LogP) is 5.51. The largest absolute Gasteiger partial charge is 0.293 e. The van der Waals surface area contributed by atoms with Gasteiger partial charge in [0.25, 0.3) is 0 Å². The number of allylic oxidation sites excluding steroid dienone is 2. The van der Waals surface area contributed by atoms with Crippen LogP contribution in [0.25, 0.3) is 0 Å². The fraction of sp³-hybridized carbons (Fsp3) is 0.812. The molecule has 1 nitrogen and oxygen atoms in total. The van der Waals surface area contributed by atoms with E-state index >= 15 is 0 Å². The SMILES string of the molecule is CC.CC/C=C(/CC(C)C(C)C)C(CC)=NC. The Labute approximate surface area is 109 Å². The van der Waals surface area contributed by atoms with Gasteiger partial charge in [-0.25, -0.2) is 0 Å². The standard InChI is InChI=1S/C14H27N.C2H6/c1-7-9-13(14(8-2)15-6)10-12(5)11(3)4;1-2/h9,11-12H,7-8,10H2,1-6H3;1-2H3/b13-9-,15-14?;. The van der Waals surface area contributed by atoms with Crippen LogP contribution in [0, 0.1) is 11.8 Å². The maximum absolute atomic E-state index is 4.39. The number of hydrogen-bond donors (Lipinski definition) is 0. The number of hydrogen-bond acceptors (Lipinski definition) is 1. The molecule has 0 N–H and O–H groups in total. The molecule has 0 fully saturated rings. The van der Waals surface area contributed by atoms with Gasteiger partial charge in [0.1, 0.15) is 0 Å². The van der Waals surface area contributed by atoms with E-state index in [1.807, 2.05) is 20.9 Å². The van der Waals surface area contributed by atoms with E-state index in [0.717, 1.165) is 24.7 Å². The third-order valence-electron chi connectivity index (χ3n) is 3.11. The van der Waals surface area contributed by atoms with Crippen molar-refractivity contribution in [2.75, 3.05) is 7.05 Å². The Morgan fingerprint density at radius 3 is 1.94 bits per heavy atom. The molecule has 0 aromatic heterocycles. The Bertz CT molecular complexity index is 224. The third kappa shape index (κ3) is 8.18. The zero-order valence-electron chi connectivity index (χ0n) is 13.3. The van der Waals surface area contributed by atoms with Gasteiger partial charge < -0.3 is 0 Å². The quantitative estimate of drug-likeness (QED) is 0.542. The van der Waals surface area contributed by atoms with E-state index in [9.17, 15) is 0 Å². The predicted molar refractivity (Wildman–Crippen MR) is 82.0 cm³/mol. The van der Waals surface area contributed by atoms with Gasteiger partial charge in [0, 0.05) is 12.8 Å². The molecule has 0 aromatic rings. The van der Waals surface area contributed by atoms with Crippen molar-refractivity contribution < 1.29 is 0 Å². The summed E-state index contributed by atoms with van der Waals surface area (Å²) in [7, 11) is 1.91. The van der Waals surface area contributed by atoms with Gasteiger partial charge in [0.2, 0.25) is 0 Å². The summed E-state index contributed by atoms with van der Waals surface area (Å²) in [6, 6.07) is 0. The van der Waals surface area contributed by atoms with E-state index in [1.54, 1.807) is 0 Å². The summed E-state index contributed by atoms with van der Waals surface area (Å²) in [6.07, 6.45) is 5.67. The summed E-state index contributed by atoms with van der Waals surface area (Å²) in [6.45, 7) is 15.3. The Hall–Kier alpha value is -0.590. The maximum atomic E-state index is 4.39. The molecule has 102 valence electrons. The zero-order chi connectivity index (χ0) is 13.8. The summed E-state index contributed by atoms with van der Waals surface area (Å²) in [5, 5.41) is 0. The van der Waals surface area contributed by atoms with Crippen LogP contribution in [0.4, 0.5) is 0 Å². The molecule has 0 aromatic carbocycles. The van der Waals surface area contributed by atoms with Crippen LogP contribution >= 0.6 is 0 Å². The number of nitrogens with zero attached hydrogens (tertiary/aromatic N) is 1. The van der Waals surface area contributed by atoms with Gasteiger partial charge in [0.15, 0.2) is 0 Å². The Morgan fingerprint density at radius 2 is 1.65 bits per heavy atom. The molecule has 0 aliphatic carbocycles. The Morgan fingerprint density at radius 1 is 1.12 bits per heavy atom. The van der Waals surface area contributed by atoms with Crippen LogP contribution in [0.15, 0.2) is 16.6 Å². The molecule has 0 spiro atoms. The van der Waals surface area contributed by atoms with E-state index in [4.69, 9.17) is 0 Å². The van der Waals surface area contributed by atoms with Crippen molar-refractivity contribution in [1.82, 2.24) is 0 Å². The summed E-state index contributed by atoms with van der Waals surface area (Å²) >= 11 is 0. The molecule has 0 radical (unpaired) electrons. The average molecular weight is 239 g/mol. The molecule has 0 saturated carbocycles. The van der Waals surface area contributed by atoms with E-state index in [-0.39, 0.29) is 0 Å². The van der Waals surface area contributed by atoms with Gasteiger partial charge >= 0.3 is 0 Å². The Kier molecular flexibility index (Phi) is 13.1. The highest BCUT2D eigenvalue weighted by Crippen LogP contribution is 2.21. The van der Waals surface area contributed by atoms with E-state index < -0.39 is 0 Å². The molecule has 17 heavy (non-hydrogen) atoms. The Balaban J connectivity index is 0. The first kappa shape index (κ1) is 18.8. The molecule has 0 aliphatic rings. The maximum Gasteiger partial charge on any atom is 0.0370 e. The highest BCUT2D eigenvalue weighted by molar-refractivity contribution is 5.99. The topological polar surface area (TPSA) is 12.4 Å². The van der Waals surface area contributed by atoms with Crippen molar-refractivity contribution in [2.24, 2.45) is 16.8 Å². The molecule has 0 heterocycles. The minimum Gasteiger partial charge on any atom is -0.293 e. The highest BCUT2D eigenvalue weighted by atomic mass is 14.7. The summed E-state index contributed by atoms with van der Waals surface area (Å²) in [5.74, 6) is 1.49. The molecular weight excluding hydrogens is 206 g/mol. The molecule has 0 aliphatic heterocycles. The van der Waals surface area contributed by atoms with Crippen molar-refractivity contribution in [3.05, 3.63) is 11.6 Å². The van der Waals surface area contributed by atoms with Crippen molar-refractivity contribution in [3.63, 3.8) is 0 Å². The monoisotopic (exact) mass is 239 g/mol. The van der Waals surface area contributed by atoms with E-state index in [1.165, 1.54) is 17.7 Å². The van der Waals surface area contributed by atoms with Crippen LogP contribution in [-0.2, 0) is 0 Å². The second kappa shape index (κ2) is 11.9.